The van der Waals surface area contributed by atoms with Crippen molar-refractivity contribution in [2.45, 2.75) is 0 Å². The number of hydrogen-bond acceptors (Lipinski definition) is 5. The van der Waals surface area contributed by atoms with Crippen LogP contribution in [0.15, 0.2) is 182 Å². The number of fused-ring (bicyclic) bond motifs is 3. The van der Waals surface area contributed by atoms with Crippen LogP contribution in [0.2, 0.25) is 0 Å². The molecule has 0 unspecified atom stereocenters. The number of nitriles is 2. The van der Waals surface area contributed by atoms with Crippen LogP contribution in [0.4, 0.5) is 8.78 Å². The Bertz CT molecular complexity index is 3250. The first-order chi connectivity index (χ1) is 30.0. The van der Waals surface area contributed by atoms with E-state index in [2.05, 4.69) is 28.8 Å². The average Bonchev–Trinajstić information content (AvgIpc) is 3.64. The molecule has 2 aromatic heterocycles. The van der Waals surface area contributed by atoms with Crippen LogP contribution >= 0.6 is 0 Å². The molecule has 0 atom stereocenters. The lowest BCUT2D eigenvalue weighted by atomic mass is 9.96. The van der Waals surface area contributed by atoms with Gasteiger partial charge in [-0.15, -0.1) is 0 Å². The largest absolute Gasteiger partial charge is 0.308 e. The van der Waals surface area contributed by atoms with E-state index in [1.165, 1.54) is 12.1 Å². The Morgan fingerprint density at radius 3 is 1.39 bits per heavy atom. The number of hydrogen-bond donors (Lipinski definition) is 0. The summed E-state index contributed by atoms with van der Waals surface area (Å²) in [6.07, 6.45) is 0. The monoisotopic (exact) mass is 788 g/mol. The van der Waals surface area contributed by atoms with Crippen LogP contribution in [0.1, 0.15) is 11.1 Å². The summed E-state index contributed by atoms with van der Waals surface area (Å²) in [5, 5.41) is 21.9. The summed E-state index contributed by atoms with van der Waals surface area (Å²) in [5.74, 6) is -0.109. The summed E-state index contributed by atoms with van der Waals surface area (Å²) >= 11 is 0. The van der Waals surface area contributed by atoms with Crippen molar-refractivity contribution in [2.75, 3.05) is 0 Å². The van der Waals surface area contributed by atoms with Crippen LogP contribution < -0.4 is 0 Å². The van der Waals surface area contributed by atoms with Crippen molar-refractivity contribution in [3.8, 4) is 85.4 Å². The smallest absolute Gasteiger partial charge is 0.166 e. The lowest BCUT2D eigenvalue weighted by Crippen LogP contribution is -2.04. The molecule has 0 aliphatic rings. The standard InChI is InChI=1S/C53H30F2N6/c54-40-22-23-43(47(55)30-40)37-21-26-50(46(29-37)53-59-51(33-11-3-1-4-12-33)58-52(60-53)34-13-5-2-6-14-34)61-48-24-19-35(41-17-9-7-15-38(41)31-56)27-44(48)45-28-36(20-25-49(45)61)42-18-10-8-16-39(42)32-57/h1-30H. The molecule has 0 saturated heterocycles. The third-order valence-electron chi connectivity index (χ3n) is 10.9. The fourth-order valence-electron chi connectivity index (χ4n) is 8.01. The molecular weight excluding hydrogens is 759 g/mol. The average molecular weight is 789 g/mol. The molecule has 0 fully saturated rings. The van der Waals surface area contributed by atoms with E-state index in [1.54, 1.807) is 12.1 Å². The first-order valence-corrected chi connectivity index (χ1v) is 19.5. The van der Waals surface area contributed by atoms with E-state index in [4.69, 9.17) is 15.0 Å². The van der Waals surface area contributed by atoms with Crippen molar-refractivity contribution in [2.24, 2.45) is 0 Å². The highest BCUT2D eigenvalue weighted by atomic mass is 19.1. The van der Waals surface area contributed by atoms with Crippen molar-refractivity contribution >= 4 is 21.8 Å². The topological polar surface area (TPSA) is 91.2 Å². The molecule has 10 rings (SSSR count). The number of benzene rings is 8. The van der Waals surface area contributed by atoms with Gasteiger partial charge in [-0.2, -0.15) is 10.5 Å². The second-order valence-electron chi connectivity index (χ2n) is 14.5. The van der Waals surface area contributed by atoms with E-state index in [-0.39, 0.29) is 5.56 Å². The van der Waals surface area contributed by atoms with Crippen LogP contribution in [-0.2, 0) is 0 Å². The first kappa shape index (κ1) is 36.7. The van der Waals surface area contributed by atoms with Crippen LogP contribution in [0.25, 0.3) is 95.0 Å². The zero-order valence-electron chi connectivity index (χ0n) is 32.3. The van der Waals surface area contributed by atoms with E-state index >= 15 is 4.39 Å². The van der Waals surface area contributed by atoms with Gasteiger partial charge in [0.25, 0.3) is 0 Å². The van der Waals surface area contributed by atoms with Gasteiger partial charge in [0.15, 0.2) is 17.5 Å². The fraction of sp³-hybridized carbons (Fsp3) is 0. The number of rotatable bonds is 7. The highest BCUT2D eigenvalue weighted by Crippen LogP contribution is 2.41. The zero-order chi connectivity index (χ0) is 41.5. The normalized spacial score (nSPS) is 11.1. The molecule has 0 aliphatic carbocycles. The summed E-state index contributed by atoms with van der Waals surface area (Å²) in [4.78, 5) is 15.1. The van der Waals surface area contributed by atoms with Gasteiger partial charge in [0.2, 0.25) is 0 Å². The van der Waals surface area contributed by atoms with Crippen molar-refractivity contribution < 1.29 is 8.78 Å². The molecule has 0 aliphatic heterocycles. The fourth-order valence-corrected chi connectivity index (χ4v) is 8.01. The van der Waals surface area contributed by atoms with Crippen LogP contribution in [0.3, 0.4) is 0 Å². The second kappa shape index (κ2) is 15.3. The SMILES string of the molecule is N#Cc1ccccc1-c1ccc2c(c1)c1cc(-c3ccccc3C#N)ccc1n2-c1ccc(-c2ccc(F)cc2F)cc1-c1nc(-c2ccccc2)nc(-c2ccccc2)n1. The van der Waals surface area contributed by atoms with Crippen molar-refractivity contribution in [1.29, 1.82) is 10.5 Å². The molecule has 0 spiro atoms. The molecule has 6 nitrogen and oxygen atoms in total. The Morgan fingerprint density at radius 2 is 0.869 bits per heavy atom. The first-order valence-electron chi connectivity index (χ1n) is 19.5. The predicted molar refractivity (Wildman–Crippen MR) is 236 cm³/mol. The molecule has 0 bridgehead atoms. The maximum atomic E-state index is 15.6. The highest BCUT2D eigenvalue weighted by Gasteiger charge is 2.22. The molecule has 0 amide bonds. The van der Waals surface area contributed by atoms with E-state index in [9.17, 15) is 14.9 Å². The van der Waals surface area contributed by atoms with E-state index in [0.29, 0.717) is 45.4 Å². The number of nitrogens with zero attached hydrogens (tertiary/aromatic N) is 6. The minimum atomic E-state index is -0.698. The van der Waals surface area contributed by atoms with Gasteiger partial charge in [-0.25, -0.2) is 23.7 Å². The summed E-state index contributed by atoms with van der Waals surface area (Å²) in [5.41, 5.74) is 9.73. The maximum Gasteiger partial charge on any atom is 0.166 e. The maximum absolute atomic E-state index is 15.6. The number of halogens is 2. The van der Waals surface area contributed by atoms with E-state index in [0.717, 1.165) is 61.3 Å². The lowest BCUT2D eigenvalue weighted by Gasteiger charge is -2.17. The summed E-state index contributed by atoms with van der Waals surface area (Å²) in [7, 11) is 0. The van der Waals surface area contributed by atoms with Gasteiger partial charge >= 0.3 is 0 Å². The molecule has 286 valence electrons. The summed E-state index contributed by atoms with van der Waals surface area (Å²) < 4.78 is 31.9. The molecule has 0 radical (unpaired) electrons. The lowest BCUT2D eigenvalue weighted by molar-refractivity contribution is 0.585. The van der Waals surface area contributed by atoms with Crippen molar-refractivity contribution in [3.05, 3.63) is 205 Å². The molecule has 61 heavy (non-hydrogen) atoms. The third-order valence-corrected chi connectivity index (χ3v) is 10.9. The Hall–Kier alpha value is -8.59. The molecule has 0 saturated carbocycles. The van der Waals surface area contributed by atoms with Crippen molar-refractivity contribution in [3.63, 3.8) is 0 Å². The number of aromatic nitrogens is 4. The predicted octanol–water partition coefficient (Wildman–Crippen LogP) is 13.0. The van der Waals surface area contributed by atoms with Gasteiger partial charge in [0.05, 0.1) is 40.0 Å². The Balaban J connectivity index is 1.29. The van der Waals surface area contributed by atoms with Gasteiger partial charge in [-0.3, -0.25) is 0 Å². The van der Waals surface area contributed by atoms with Crippen LogP contribution in [-0.4, -0.2) is 19.5 Å². The summed E-state index contributed by atoms with van der Waals surface area (Å²) in [6.45, 7) is 0. The van der Waals surface area contributed by atoms with E-state index < -0.39 is 11.6 Å². The molecule has 10 aromatic rings. The van der Waals surface area contributed by atoms with Crippen molar-refractivity contribution in [1.82, 2.24) is 19.5 Å². The molecule has 0 N–H and O–H groups in total. The summed E-state index contributed by atoms with van der Waals surface area (Å²) in [6, 6.07) is 60.4. The molecule has 8 aromatic carbocycles. The molecule has 2 heterocycles. The Morgan fingerprint density at radius 1 is 0.393 bits per heavy atom. The van der Waals surface area contributed by atoms with Gasteiger partial charge in [0.1, 0.15) is 11.6 Å². The van der Waals surface area contributed by atoms with E-state index in [1.807, 2.05) is 140 Å². The highest BCUT2D eigenvalue weighted by molar-refractivity contribution is 6.12. The van der Waals surface area contributed by atoms with Gasteiger partial charge in [-0.05, 0) is 88.5 Å². The van der Waals surface area contributed by atoms with Crippen LogP contribution in [0, 0.1) is 34.3 Å². The molecule has 8 heteroatoms. The molecular formula is C53H30F2N6. The van der Waals surface area contributed by atoms with Gasteiger partial charge < -0.3 is 4.57 Å². The van der Waals surface area contributed by atoms with Gasteiger partial charge in [-0.1, -0.05) is 115 Å². The Labute approximate surface area is 349 Å². The minimum absolute atomic E-state index is 0.221. The minimum Gasteiger partial charge on any atom is -0.308 e. The van der Waals surface area contributed by atoms with Gasteiger partial charge in [0, 0.05) is 39.1 Å². The zero-order valence-corrected chi connectivity index (χ0v) is 32.3. The van der Waals surface area contributed by atoms with Crippen LogP contribution in [0.5, 0.6) is 0 Å². The quantitative estimate of drug-likeness (QED) is 0.160. The third kappa shape index (κ3) is 6.65. The second-order valence-corrected chi connectivity index (χ2v) is 14.5. The Kier molecular flexibility index (Phi) is 9.21.